The number of carbonyl (C=O) groups is 3. The van der Waals surface area contributed by atoms with E-state index < -0.39 is 12.0 Å². The number of esters is 1. The summed E-state index contributed by atoms with van der Waals surface area (Å²) in [6.45, 7) is 7.73. The van der Waals surface area contributed by atoms with Crippen LogP contribution in [0.1, 0.15) is 62.7 Å². The highest BCUT2D eigenvalue weighted by molar-refractivity contribution is 6.11. The number of nitrogens with zero attached hydrogens (tertiary/aromatic N) is 2. The van der Waals surface area contributed by atoms with Crippen LogP contribution in [0.3, 0.4) is 0 Å². The maximum Gasteiger partial charge on any atom is 0.354 e. The number of rotatable bonds is 7. The van der Waals surface area contributed by atoms with Crippen LogP contribution < -0.4 is 0 Å². The van der Waals surface area contributed by atoms with Crippen molar-refractivity contribution in [2.45, 2.75) is 40.2 Å². The van der Waals surface area contributed by atoms with Gasteiger partial charge < -0.3 is 14.2 Å². The molecular formula is C26H30N2O4. The Morgan fingerprint density at radius 1 is 1.06 bits per heavy atom. The van der Waals surface area contributed by atoms with Crippen LogP contribution in [0.25, 0.3) is 10.8 Å². The first-order valence-corrected chi connectivity index (χ1v) is 10.8. The lowest BCUT2D eigenvalue weighted by Gasteiger charge is -2.29. The first kappa shape index (κ1) is 23.3. The second-order valence-electron chi connectivity index (χ2n) is 8.05. The zero-order valence-corrected chi connectivity index (χ0v) is 19.6. The number of fused-ring (bicyclic) bond motifs is 1. The summed E-state index contributed by atoms with van der Waals surface area (Å²) >= 11 is 0. The quantitative estimate of drug-likeness (QED) is 0.399. The van der Waals surface area contributed by atoms with Gasteiger partial charge in [0.2, 0.25) is 0 Å². The smallest absolute Gasteiger partial charge is 0.354 e. The molecule has 1 aromatic heterocycles. The molecule has 0 aliphatic carbocycles. The van der Waals surface area contributed by atoms with Crippen molar-refractivity contribution < 1.29 is 19.1 Å². The van der Waals surface area contributed by atoms with Crippen LogP contribution in [-0.2, 0) is 11.8 Å². The third-order valence-electron chi connectivity index (χ3n) is 6.15. The Labute approximate surface area is 188 Å². The van der Waals surface area contributed by atoms with Gasteiger partial charge in [-0.05, 0) is 49.6 Å². The summed E-state index contributed by atoms with van der Waals surface area (Å²) in [6, 6.07) is 12.7. The molecule has 1 amide bonds. The Hall–Kier alpha value is -3.41. The molecule has 0 saturated carbocycles. The number of benzene rings is 2. The summed E-state index contributed by atoms with van der Waals surface area (Å²) in [5.74, 6) is -0.853. The van der Waals surface area contributed by atoms with Gasteiger partial charge in [0.05, 0.1) is 13.2 Å². The van der Waals surface area contributed by atoms with E-state index in [1.807, 2.05) is 43.3 Å². The zero-order valence-electron chi connectivity index (χ0n) is 19.6. The molecule has 1 heterocycles. The molecule has 0 N–H and O–H groups in total. The topological polar surface area (TPSA) is 68.6 Å². The number of amides is 1. The van der Waals surface area contributed by atoms with Gasteiger partial charge in [0.15, 0.2) is 5.78 Å². The summed E-state index contributed by atoms with van der Waals surface area (Å²) in [5.41, 5.74) is 2.64. The summed E-state index contributed by atoms with van der Waals surface area (Å²) in [6.07, 6.45) is 0.717. The van der Waals surface area contributed by atoms with Gasteiger partial charge in [0.25, 0.3) is 5.91 Å². The van der Waals surface area contributed by atoms with Crippen LogP contribution in [-0.4, -0.2) is 46.8 Å². The minimum Gasteiger partial charge on any atom is -0.464 e. The van der Waals surface area contributed by atoms with Gasteiger partial charge in [-0.2, -0.15) is 0 Å². The van der Waals surface area contributed by atoms with Crippen molar-refractivity contribution in [3.63, 3.8) is 0 Å². The van der Waals surface area contributed by atoms with Crippen molar-refractivity contribution in [1.29, 1.82) is 0 Å². The first-order valence-electron chi connectivity index (χ1n) is 10.8. The minimum absolute atomic E-state index is 0.177. The van der Waals surface area contributed by atoms with Crippen molar-refractivity contribution in [2.75, 3.05) is 13.7 Å². The Kier molecular flexibility index (Phi) is 6.82. The van der Waals surface area contributed by atoms with Crippen LogP contribution in [0.4, 0.5) is 0 Å². The molecule has 0 saturated heterocycles. The van der Waals surface area contributed by atoms with Crippen molar-refractivity contribution in [1.82, 2.24) is 9.47 Å². The largest absolute Gasteiger partial charge is 0.464 e. The summed E-state index contributed by atoms with van der Waals surface area (Å²) in [4.78, 5) is 41.1. The first-order chi connectivity index (χ1) is 15.2. The van der Waals surface area contributed by atoms with E-state index in [1.54, 1.807) is 43.4 Å². The molecule has 3 rings (SSSR count). The van der Waals surface area contributed by atoms with Gasteiger partial charge in [-0.25, -0.2) is 4.79 Å². The van der Waals surface area contributed by atoms with E-state index in [0.717, 1.165) is 10.8 Å². The van der Waals surface area contributed by atoms with Crippen molar-refractivity contribution in [3.8, 4) is 0 Å². The van der Waals surface area contributed by atoms with Crippen molar-refractivity contribution in [2.24, 2.45) is 7.05 Å². The van der Waals surface area contributed by atoms with E-state index in [0.29, 0.717) is 41.0 Å². The molecule has 0 spiro atoms. The third kappa shape index (κ3) is 3.93. The average molecular weight is 435 g/mol. The molecule has 1 atom stereocenters. The van der Waals surface area contributed by atoms with Crippen LogP contribution in [0.5, 0.6) is 0 Å². The van der Waals surface area contributed by atoms with E-state index in [1.165, 1.54) is 7.11 Å². The number of Topliss-reactive ketones (excluding diaryl/α,β-unsaturated/α-hetero) is 1. The van der Waals surface area contributed by atoms with Crippen molar-refractivity contribution >= 4 is 28.4 Å². The number of ketones is 1. The van der Waals surface area contributed by atoms with Crippen LogP contribution in [0.15, 0.2) is 42.5 Å². The second-order valence-corrected chi connectivity index (χ2v) is 8.05. The van der Waals surface area contributed by atoms with Gasteiger partial charge >= 0.3 is 5.97 Å². The van der Waals surface area contributed by atoms with Crippen molar-refractivity contribution in [3.05, 3.63) is 70.5 Å². The molecule has 3 aromatic rings. The van der Waals surface area contributed by atoms with E-state index in [-0.39, 0.29) is 11.7 Å². The summed E-state index contributed by atoms with van der Waals surface area (Å²) in [5, 5.41) is 1.84. The number of hydrogen-bond acceptors (Lipinski definition) is 4. The molecule has 6 nitrogen and oxygen atoms in total. The molecule has 1 unspecified atom stereocenters. The van der Waals surface area contributed by atoms with Gasteiger partial charge in [0, 0.05) is 30.4 Å². The Balaban J connectivity index is 2.03. The SMILES string of the molecule is CCCN(C(=O)c1cccc2ccccc12)C(C)C(=O)c1c(C)c(C(=O)OC)n(C)c1C. The number of hydrogen-bond donors (Lipinski definition) is 0. The fourth-order valence-electron chi connectivity index (χ4n) is 4.36. The van der Waals surface area contributed by atoms with E-state index in [4.69, 9.17) is 4.74 Å². The normalized spacial score (nSPS) is 11.9. The molecule has 32 heavy (non-hydrogen) atoms. The highest BCUT2D eigenvalue weighted by Crippen LogP contribution is 2.26. The highest BCUT2D eigenvalue weighted by Gasteiger charge is 2.32. The number of aromatic nitrogens is 1. The van der Waals surface area contributed by atoms with Gasteiger partial charge in [-0.3, -0.25) is 9.59 Å². The van der Waals surface area contributed by atoms with Crippen LogP contribution >= 0.6 is 0 Å². The highest BCUT2D eigenvalue weighted by atomic mass is 16.5. The fraction of sp³-hybridized carbons (Fsp3) is 0.346. The number of carbonyl (C=O) groups excluding carboxylic acids is 3. The number of ether oxygens (including phenoxy) is 1. The zero-order chi connectivity index (χ0) is 23.6. The van der Waals surface area contributed by atoms with Gasteiger partial charge in [0.1, 0.15) is 5.69 Å². The average Bonchev–Trinajstić information content (AvgIpc) is 3.03. The van der Waals surface area contributed by atoms with Gasteiger partial charge in [-0.1, -0.05) is 43.3 Å². The standard InChI is InChI=1S/C26H30N2O4/c1-7-15-28(25(30)21-14-10-12-19-11-8-9-13-20(19)21)18(4)24(29)22-16(2)23(26(31)32-6)27(5)17(22)3/h8-14,18H,7,15H2,1-6H3. The third-order valence-corrected chi connectivity index (χ3v) is 6.15. The maximum atomic E-state index is 13.6. The minimum atomic E-state index is -0.688. The van der Waals surface area contributed by atoms with Gasteiger partial charge in [-0.15, -0.1) is 0 Å². The van der Waals surface area contributed by atoms with Crippen LogP contribution in [0, 0.1) is 13.8 Å². The lowest BCUT2D eigenvalue weighted by atomic mass is 9.98. The molecule has 0 radical (unpaired) electrons. The molecular weight excluding hydrogens is 404 g/mol. The Morgan fingerprint density at radius 3 is 2.38 bits per heavy atom. The van der Waals surface area contributed by atoms with E-state index >= 15 is 0 Å². The maximum absolute atomic E-state index is 13.6. The van der Waals surface area contributed by atoms with E-state index in [9.17, 15) is 14.4 Å². The molecule has 6 heteroatoms. The molecule has 0 aliphatic heterocycles. The lowest BCUT2D eigenvalue weighted by molar-refractivity contribution is 0.0588. The molecule has 2 aromatic carbocycles. The molecule has 0 bridgehead atoms. The Morgan fingerprint density at radius 2 is 1.72 bits per heavy atom. The predicted octanol–water partition coefficient (Wildman–Crippen LogP) is 4.71. The molecule has 168 valence electrons. The second kappa shape index (κ2) is 9.39. The Bertz CT molecular complexity index is 1190. The molecule has 0 fully saturated rings. The van der Waals surface area contributed by atoms with E-state index in [2.05, 4.69) is 0 Å². The predicted molar refractivity (Wildman–Crippen MR) is 125 cm³/mol. The monoisotopic (exact) mass is 434 g/mol. The van der Waals surface area contributed by atoms with Crippen LogP contribution in [0.2, 0.25) is 0 Å². The number of methoxy groups -OCH3 is 1. The fourth-order valence-corrected chi connectivity index (χ4v) is 4.36. The summed E-state index contributed by atoms with van der Waals surface area (Å²) in [7, 11) is 3.06. The lowest BCUT2D eigenvalue weighted by Crippen LogP contribution is -2.44. The summed E-state index contributed by atoms with van der Waals surface area (Å²) < 4.78 is 6.57. The molecule has 0 aliphatic rings.